The summed E-state index contributed by atoms with van der Waals surface area (Å²) in [4.78, 5) is 22.5. The van der Waals surface area contributed by atoms with Crippen LogP contribution in [-0.4, -0.2) is 28.2 Å². The maximum atomic E-state index is 11.3. The third kappa shape index (κ3) is 4.71. The van der Waals surface area contributed by atoms with Gasteiger partial charge in [-0.2, -0.15) is 0 Å². The van der Waals surface area contributed by atoms with Crippen LogP contribution in [0.3, 0.4) is 0 Å². The fourth-order valence-corrected chi connectivity index (χ4v) is 1.87. The molecule has 3 N–H and O–H groups in total. The number of benzene rings is 1. The number of aliphatic carboxylic acids is 2. The van der Waals surface area contributed by atoms with Crippen molar-refractivity contribution in [2.45, 2.75) is 32.4 Å². The Morgan fingerprint density at radius 3 is 2.11 bits per heavy atom. The summed E-state index contributed by atoms with van der Waals surface area (Å²) >= 11 is 0. The first-order chi connectivity index (χ1) is 8.91. The highest BCUT2D eigenvalue weighted by atomic mass is 16.4. The number of carbonyl (C=O) groups is 2. The quantitative estimate of drug-likeness (QED) is 0.701. The van der Waals surface area contributed by atoms with Crippen molar-refractivity contribution >= 4 is 11.9 Å². The zero-order valence-corrected chi connectivity index (χ0v) is 11.0. The molecular weight excluding hydrogens is 246 g/mol. The molecule has 5 nitrogen and oxygen atoms in total. The van der Waals surface area contributed by atoms with Crippen molar-refractivity contribution in [3.63, 3.8) is 0 Å². The molecule has 0 saturated heterocycles. The Kier molecular flexibility index (Phi) is 5.51. The van der Waals surface area contributed by atoms with Crippen LogP contribution in [0.1, 0.15) is 31.9 Å². The summed E-state index contributed by atoms with van der Waals surface area (Å²) < 4.78 is 0. The Morgan fingerprint density at radius 2 is 1.68 bits per heavy atom. The van der Waals surface area contributed by atoms with E-state index in [1.165, 1.54) is 0 Å². The monoisotopic (exact) mass is 265 g/mol. The first-order valence-electron chi connectivity index (χ1n) is 6.18. The van der Waals surface area contributed by atoms with Crippen molar-refractivity contribution < 1.29 is 19.8 Å². The van der Waals surface area contributed by atoms with Crippen LogP contribution in [0, 0.1) is 5.92 Å². The van der Waals surface area contributed by atoms with Gasteiger partial charge in [-0.05, 0) is 17.9 Å². The molecule has 0 heterocycles. The summed E-state index contributed by atoms with van der Waals surface area (Å²) in [6, 6.07) is 6.68. The number of nitrogens with one attached hydrogen (secondary N) is 1. The van der Waals surface area contributed by atoms with Gasteiger partial charge in [0.15, 0.2) is 0 Å². The summed E-state index contributed by atoms with van der Waals surface area (Å²) in [5, 5.41) is 21.1. The average Bonchev–Trinajstić information content (AvgIpc) is 2.34. The minimum absolute atomic E-state index is 0.166. The largest absolute Gasteiger partial charge is 0.480 e. The molecule has 5 heteroatoms. The summed E-state index contributed by atoms with van der Waals surface area (Å²) in [5.41, 5.74) is 0.546. The first-order valence-corrected chi connectivity index (χ1v) is 6.18. The van der Waals surface area contributed by atoms with Crippen molar-refractivity contribution in [2.24, 2.45) is 5.92 Å². The van der Waals surface area contributed by atoms with E-state index in [-0.39, 0.29) is 5.92 Å². The number of hydrogen-bond acceptors (Lipinski definition) is 3. The fraction of sp³-hybridized carbons (Fsp3) is 0.429. The minimum atomic E-state index is -1.08. The normalized spacial score (nSPS) is 14.1. The van der Waals surface area contributed by atoms with Gasteiger partial charge in [-0.25, -0.2) is 0 Å². The van der Waals surface area contributed by atoms with Crippen LogP contribution in [0.25, 0.3) is 0 Å². The fourth-order valence-electron chi connectivity index (χ4n) is 1.87. The molecule has 0 bridgehead atoms. The zero-order chi connectivity index (χ0) is 14.4. The van der Waals surface area contributed by atoms with Gasteiger partial charge in [0.2, 0.25) is 0 Å². The highest BCUT2D eigenvalue weighted by molar-refractivity contribution is 5.78. The van der Waals surface area contributed by atoms with Crippen molar-refractivity contribution in [3.8, 4) is 0 Å². The van der Waals surface area contributed by atoms with E-state index >= 15 is 0 Å². The molecule has 0 radical (unpaired) electrons. The van der Waals surface area contributed by atoms with Crippen LogP contribution in [-0.2, 0) is 9.59 Å². The lowest BCUT2D eigenvalue weighted by atomic mass is 10.0. The van der Waals surface area contributed by atoms with Crippen LogP contribution < -0.4 is 5.32 Å². The number of carboxylic acids is 2. The second-order valence-corrected chi connectivity index (χ2v) is 4.87. The third-order valence-electron chi connectivity index (χ3n) is 2.75. The summed E-state index contributed by atoms with van der Waals surface area (Å²) in [6.45, 7) is 3.80. The maximum Gasteiger partial charge on any atom is 0.325 e. The molecular formula is C14H19NO4. The summed E-state index contributed by atoms with van der Waals surface area (Å²) in [6.07, 6.45) is 0.381. The molecule has 0 fully saturated rings. The van der Waals surface area contributed by atoms with Crippen molar-refractivity contribution in [2.75, 3.05) is 0 Å². The Balaban J connectivity index is 2.88. The van der Waals surface area contributed by atoms with Crippen LogP contribution in [0.15, 0.2) is 30.3 Å². The standard InChI is InChI=1S/C14H19NO4/c1-9(2)8-11(13(16)17)15-12(14(18)19)10-6-4-3-5-7-10/h3-7,9,11-12,15H,8H2,1-2H3,(H,16,17)(H,18,19)/t11-,12-/m1/s1. The lowest BCUT2D eigenvalue weighted by molar-refractivity contribution is -0.143. The molecule has 19 heavy (non-hydrogen) atoms. The zero-order valence-electron chi connectivity index (χ0n) is 11.0. The van der Waals surface area contributed by atoms with Gasteiger partial charge in [-0.15, -0.1) is 0 Å². The average molecular weight is 265 g/mol. The van der Waals surface area contributed by atoms with Crippen molar-refractivity contribution in [3.05, 3.63) is 35.9 Å². The Labute approximate surface area is 112 Å². The molecule has 0 aliphatic heterocycles. The van der Waals surface area contributed by atoms with Gasteiger partial charge in [0.25, 0.3) is 0 Å². The molecule has 2 atom stereocenters. The van der Waals surface area contributed by atoms with Crippen LogP contribution in [0.5, 0.6) is 0 Å². The van der Waals surface area contributed by atoms with Gasteiger partial charge in [-0.1, -0.05) is 44.2 Å². The molecule has 0 spiro atoms. The van der Waals surface area contributed by atoms with E-state index < -0.39 is 24.0 Å². The highest BCUT2D eigenvalue weighted by Crippen LogP contribution is 2.16. The van der Waals surface area contributed by atoms with E-state index in [1.807, 2.05) is 13.8 Å². The molecule has 1 aromatic carbocycles. The first kappa shape index (κ1) is 15.2. The van der Waals surface area contributed by atoms with E-state index in [9.17, 15) is 14.7 Å². The van der Waals surface area contributed by atoms with Crippen LogP contribution in [0.2, 0.25) is 0 Å². The summed E-state index contributed by atoms with van der Waals surface area (Å²) in [7, 11) is 0. The highest BCUT2D eigenvalue weighted by Gasteiger charge is 2.27. The number of carboxylic acid groups (broad SMARTS) is 2. The van der Waals surface area contributed by atoms with Gasteiger partial charge in [0.1, 0.15) is 12.1 Å². The third-order valence-corrected chi connectivity index (χ3v) is 2.75. The van der Waals surface area contributed by atoms with Gasteiger partial charge >= 0.3 is 11.9 Å². The molecule has 1 rings (SSSR count). The predicted molar refractivity (Wildman–Crippen MR) is 70.8 cm³/mol. The van der Waals surface area contributed by atoms with E-state index in [4.69, 9.17) is 5.11 Å². The van der Waals surface area contributed by atoms with Gasteiger partial charge in [0, 0.05) is 0 Å². The van der Waals surface area contributed by atoms with Crippen molar-refractivity contribution in [1.29, 1.82) is 0 Å². The van der Waals surface area contributed by atoms with Crippen LogP contribution >= 0.6 is 0 Å². The van der Waals surface area contributed by atoms with E-state index in [0.29, 0.717) is 12.0 Å². The molecule has 0 aliphatic rings. The van der Waals surface area contributed by atoms with Crippen LogP contribution in [0.4, 0.5) is 0 Å². The minimum Gasteiger partial charge on any atom is -0.480 e. The summed E-state index contributed by atoms with van der Waals surface area (Å²) in [5.74, 6) is -1.95. The van der Waals surface area contributed by atoms with Gasteiger partial charge in [0.05, 0.1) is 0 Å². The molecule has 0 aromatic heterocycles. The molecule has 0 unspecified atom stereocenters. The Hall–Kier alpha value is -1.88. The molecule has 0 aliphatic carbocycles. The second-order valence-electron chi connectivity index (χ2n) is 4.87. The Morgan fingerprint density at radius 1 is 1.11 bits per heavy atom. The maximum absolute atomic E-state index is 11.3. The van der Waals surface area contributed by atoms with E-state index in [0.717, 1.165) is 0 Å². The number of hydrogen-bond donors (Lipinski definition) is 3. The molecule has 0 amide bonds. The molecule has 104 valence electrons. The van der Waals surface area contributed by atoms with Crippen molar-refractivity contribution in [1.82, 2.24) is 5.32 Å². The SMILES string of the molecule is CC(C)C[C@@H](N[C@@H](C(=O)O)c1ccccc1)C(=O)O. The van der Waals surface area contributed by atoms with Gasteiger partial charge < -0.3 is 10.2 Å². The topological polar surface area (TPSA) is 86.6 Å². The van der Waals surface area contributed by atoms with E-state index in [2.05, 4.69) is 5.32 Å². The number of rotatable bonds is 7. The molecule has 1 aromatic rings. The molecule has 0 saturated carbocycles. The lowest BCUT2D eigenvalue weighted by Gasteiger charge is -2.21. The second kappa shape index (κ2) is 6.89. The van der Waals surface area contributed by atoms with Gasteiger partial charge in [-0.3, -0.25) is 14.9 Å². The smallest absolute Gasteiger partial charge is 0.325 e. The predicted octanol–water partition coefficient (Wildman–Crippen LogP) is 1.90. The van der Waals surface area contributed by atoms with E-state index in [1.54, 1.807) is 30.3 Å². The Bertz CT molecular complexity index is 430. The lowest BCUT2D eigenvalue weighted by Crippen LogP contribution is -2.42.